The standard InChI is InChI=1S/C25H28ClN5O3/c1-17-14-19(18(2)29-34-16-20-8-4-6-10-22(20)26)12-13-24(17)33-15-21-9-5-7-11-23(21)31(28)25(32)30(3)27/h4-14H,15-16,27-28H2,1-3H3. The van der Waals surface area contributed by atoms with Gasteiger partial charge in [0.15, 0.2) is 0 Å². The van der Waals surface area contributed by atoms with Gasteiger partial charge in [-0.05, 0) is 55.3 Å². The number of carbonyl (C=O) groups is 1. The molecule has 0 aliphatic rings. The monoisotopic (exact) mass is 481 g/mol. The van der Waals surface area contributed by atoms with Crippen LogP contribution in [0.1, 0.15) is 29.2 Å². The average molecular weight is 482 g/mol. The van der Waals surface area contributed by atoms with Crippen LogP contribution < -0.4 is 21.4 Å². The smallest absolute Gasteiger partial charge is 0.352 e. The zero-order chi connectivity index (χ0) is 24.7. The van der Waals surface area contributed by atoms with Crippen LogP contribution >= 0.6 is 11.6 Å². The van der Waals surface area contributed by atoms with Crippen LogP contribution in [0.3, 0.4) is 0 Å². The van der Waals surface area contributed by atoms with Gasteiger partial charge in [0.25, 0.3) is 0 Å². The molecule has 3 aromatic carbocycles. The molecule has 0 radical (unpaired) electrons. The van der Waals surface area contributed by atoms with Crippen LogP contribution in [0.25, 0.3) is 0 Å². The maximum absolute atomic E-state index is 12.1. The van der Waals surface area contributed by atoms with Crippen molar-refractivity contribution in [2.75, 3.05) is 12.1 Å². The number of urea groups is 1. The first-order valence-electron chi connectivity index (χ1n) is 10.6. The molecule has 0 spiro atoms. The second-order valence-corrected chi connectivity index (χ2v) is 8.11. The minimum absolute atomic E-state index is 0.222. The molecule has 0 aromatic heterocycles. The summed E-state index contributed by atoms with van der Waals surface area (Å²) >= 11 is 6.15. The molecular formula is C25H28ClN5O3. The third-order valence-corrected chi connectivity index (χ3v) is 5.48. The summed E-state index contributed by atoms with van der Waals surface area (Å²) in [6.07, 6.45) is 0. The highest BCUT2D eigenvalue weighted by atomic mass is 35.5. The number of hydrogen-bond donors (Lipinski definition) is 2. The maximum Gasteiger partial charge on any atom is 0.352 e. The molecule has 2 amide bonds. The Hall–Kier alpha value is -3.59. The molecule has 34 heavy (non-hydrogen) atoms. The number of anilines is 1. The van der Waals surface area contributed by atoms with E-state index in [1.54, 1.807) is 12.1 Å². The van der Waals surface area contributed by atoms with Crippen molar-refractivity contribution in [1.82, 2.24) is 5.01 Å². The minimum Gasteiger partial charge on any atom is -0.489 e. The van der Waals surface area contributed by atoms with Gasteiger partial charge in [-0.25, -0.2) is 21.5 Å². The van der Waals surface area contributed by atoms with Gasteiger partial charge in [0.1, 0.15) is 19.0 Å². The Kier molecular flexibility index (Phi) is 8.48. The lowest BCUT2D eigenvalue weighted by molar-refractivity contribution is 0.130. The highest BCUT2D eigenvalue weighted by molar-refractivity contribution is 6.31. The van der Waals surface area contributed by atoms with E-state index in [0.717, 1.165) is 38.0 Å². The summed E-state index contributed by atoms with van der Waals surface area (Å²) in [5, 5.41) is 6.77. The third kappa shape index (κ3) is 6.26. The number of amides is 2. The van der Waals surface area contributed by atoms with E-state index in [4.69, 9.17) is 32.9 Å². The van der Waals surface area contributed by atoms with E-state index in [9.17, 15) is 4.79 Å². The number of ether oxygens (including phenoxy) is 1. The lowest BCUT2D eigenvalue weighted by Gasteiger charge is -2.23. The van der Waals surface area contributed by atoms with Crippen LogP contribution in [0, 0.1) is 6.92 Å². The van der Waals surface area contributed by atoms with Crippen LogP contribution in [-0.2, 0) is 18.1 Å². The van der Waals surface area contributed by atoms with E-state index in [0.29, 0.717) is 16.5 Å². The predicted molar refractivity (Wildman–Crippen MR) is 134 cm³/mol. The van der Waals surface area contributed by atoms with E-state index in [1.807, 2.05) is 68.4 Å². The Morgan fingerprint density at radius 2 is 1.68 bits per heavy atom. The molecule has 0 aliphatic heterocycles. The molecule has 178 valence electrons. The molecule has 9 heteroatoms. The first kappa shape index (κ1) is 25.0. The van der Waals surface area contributed by atoms with Crippen molar-refractivity contribution in [1.29, 1.82) is 0 Å². The number of nitrogens with zero attached hydrogens (tertiary/aromatic N) is 3. The first-order chi connectivity index (χ1) is 16.3. The van der Waals surface area contributed by atoms with Gasteiger partial charge < -0.3 is 9.57 Å². The van der Waals surface area contributed by atoms with Crippen molar-refractivity contribution in [2.24, 2.45) is 16.8 Å². The zero-order valence-corrected chi connectivity index (χ0v) is 20.1. The predicted octanol–water partition coefficient (Wildman–Crippen LogP) is 4.77. The van der Waals surface area contributed by atoms with Gasteiger partial charge in [-0.2, -0.15) is 0 Å². The molecule has 0 fully saturated rings. The Balaban J connectivity index is 1.66. The fraction of sp³-hybridized carbons (Fsp3) is 0.200. The number of carbonyl (C=O) groups excluding carboxylic acids is 1. The van der Waals surface area contributed by atoms with Gasteiger partial charge in [-0.15, -0.1) is 0 Å². The molecule has 0 unspecified atom stereocenters. The normalized spacial score (nSPS) is 11.2. The van der Waals surface area contributed by atoms with Crippen LogP contribution in [0.5, 0.6) is 5.75 Å². The van der Waals surface area contributed by atoms with E-state index in [1.165, 1.54) is 7.05 Å². The SMILES string of the molecule is CC(=NOCc1ccccc1Cl)c1ccc(OCc2ccccc2N(N)C(=O)N(C)N)c(C)c1. The van der Waals surface area contributed by atoms with Crippen LogP contribution in [-0.4, -0.2) is 23.8 Å². The van der Waals surface area contributed by atoms with Crippen LogP contribution in [0.2, 0.25) is 5.02 Å². The number of nitrogens with two attached hydrogens (primary N) is 2. The molecule has 0 heterocycles. The number of benzene rings is 3. The number of oxime groups is 1. The molecule has 4 N–H and O–H groups in total. The van der Waals surface area contributed by atoms with Crippen LogP contribution in [0.4, 0.5) is 10.5 Å². The molecule has 8 nitrogen and oxygen atoms in total. The van der Waals surface area contributed by atoms with E-state index < -0.39 is 6.03 Å². The number of hydrogen-bond acceptors (Lipinski definition) is 6. The summed E-state index contributed by atoms with van der Waals surface area (Å²) < 4.78 is 6.02. The van der Waals surface area contributed by atoms with Gasteiger partial charge in [-0.3, -0.25) is 5.01 Å². The first-order valence-corrected chi connectivity index (χ1v) is 10.9. The summed E-state index contributed by atoms with van der Waals surface area (Å²) in [7, 11) is 1.43. The topological polar surface area (TPSA) is 106 Å². The highest BCUT2D eigenvalue weighted by Gasteiger charge is 2.17. The minimum atomic E-state index is -0.542. The summed E-state index contributed by atoms with van der Waals surface area (Å²) in [6.45, 7) is 4.33. The van der Waals surface area contributed by atoms with Crippen molar-refractivity contribution in [3.63, 3.8) is 0 Å². The molecule has 0 bridgehead atoms. The summed E-state index contributed by atoms with van der Waals surface area (Å²) in [5.74, 6) is 12.2. The second-order valence-electron chi connectivity index (χ2n) is 7.70. The average Bonchev–Trinajstić information content (AvgIpc) is 2.83. The molecule has 0 atom stereocenters. The van der Waals surface area contributed by atoms with Gasteiger partial charge in [0, 0.05) is 23.2 Å². The molecule has 0 saturated carbocycles. The molecule has 0 saturated heterocycles. The number of hydrazine groups is 2. The Labute approximate surface area is 204 Å². The van der Waals surface area contributed by atoms with Gasteiger partial charge in [-0.1, -0.05) is 53.2 Å². The number of para-hydroxylation sites is 1. The summed E-state index contributed by atoms with van der Waals surface area (Å²) in [6, 6.07) is 19.9. The van der Waals surface area contributed by atoms with Crippen molar-refractivity contribution in [3.8, 4) is 5.75 Å². The summed E-state index contributed by atoms with van der Waals surface area (Å²) in [4.78, 5) is 17.6. The van der Waals surface area contributed by atoms with Crippen molar-refractivity contribution in [2.45, 2.75) is 27.1 Å². The quantitative estimate of drug-likeness (QED) is 0.208. The number of aryl methyl sites for hydroxylation is 1. The number of rotatable bonds is 8. The Morgan fingerprint density at radius 1 is 1.00 bits per heavy atom. The lowest BCUT2D eigenvalue weighted by Crippen LogP contribution is -2.49. The van der Waals surface area contributed by atoms with Crippen molar-refractivity contribution < 1.29 is 14.4 Å². The highest BCUT2D eigenvalue weighted by Crippen LogP contribution is 2.24. The fourth-order valence-corrected chi connectivity index (χ4v) is 3.39. The maximum atomic E-state index is 12.1. The molecular weight excluding hydrogens is 454 g/mol. The van der Waals surface area contributed by atoms with E-state index in [2.05, 4.69) is 5.16 Å². The van der Waals surface area contributed by atoms with Crippen LogP contribution in [0.15, 0.2) is 71.9 Å². The number of halogens is 1. The van der Waals surface area contributed by atoms with Gasteiger partial charge >= 0.3 is 6.03 Å². The Morgan fingerprint density at radius 3 is 2.35 bits per heavy atom. The van der Waals surface area contributed by atoms with Gasteiger partial charge in [0.2, 0.25) is 0 Å². The zero-order valence-electron chi connectivity index (χ0n) is 19.4. The largest absolute Gasteiger partial charge is 0.489 e. The van der Waals surface area contributed by atoms with Gasteiger partial charge in [0.05, 0.1) is 11.4 Å². The fourth-order valence-electron chi connectivity index (χ4n) is 3.20. The van der Waals surface area contributed by atoms with Crippen molar-refractivity contribution >= 4 is 29.0 Å². The molecule has 0 aliphatic carbocycles. The second kappa shape index (κ2) is 11.5. The van der Waals surface area contributed by atoms with Crippen molar-refractivity contribution in [3.05, 3.63) is 94.0 Å². The van der Waals surface area contributed by atoms with E-state index in [-0.39, 0.29) is 13.2 Å². The summed E-state index contributed by atoms with van der Waals surface area (Å²) in [5.41, 5.74) is 4.70. The third-order valence-electron chi connectivity index (χ3n) is 5.11. The Bertz CT molecular complexity index is 1180. The molecule has 3 rings (SSSR count). The van der Waals surface area contributed by atoms with E-state index >= 15 is 0 Å². The molecule has 3 aromatic rings. The lowest BCUT2D eigenvalue weighted by atomic mass is 10.1.